The summed E-state index contributed by atoms with van der Waals surface area (Å²) in [5, 5.41) is 9.60. The van der Waals surface area contributed by atoms with E-state index >= 15 is 0 Å². The summed E-state index contributed by atoms with van der Waals surface area (Å²) >= 11 is 0. The highest BCUT2D eigenvalue weighted by molar-refractivity contribution is 7.87. The van der Waals surface area contributed by atoms with Gasteiger partial charge in [-0.15, -0.1) is 0 Å². The number of carbonyl (C=O) groups is 1. The summed E-state index contributed by atoms with van der Waals surface area (Å²) in [6, 6.07) is 8.14. The Morgan fingerprint density at radius 3 is 2.50 bits per heavy atom. The SMILES string of the molecule is O=Cc1cccc(O)c1S(=O)(=O)Oc1cccc(F)c1. The minimum atomic E-state index is -4.45. The largest absolute Gasteiger partial charge is 0.506 e. The Balaban J connectivity index is 2.49. The summed E-state index contributed by atoms with van der Waals surface area (Å²) in [5.41, 5.74) is -0.249. The summed E-state index contributed by atoms with van der Waals surface area (Å²) < 4.78 is 41.8. The molecular weight excluding hydrogens is 287 g/mol. The van der Waals surface area contributed by atoms with Crippen molar-refractivity contribution in [3.63, 3.8) is 0 Å². The molecule has 5 nitrogen and oxygen atoms in total. The zero-order chi connectivity index (χ0) is 14.8. The van der Waals surface area contributed by atoms with Crippen LogP contribution in [-0.2, 0) is 10.1 Å². The first kappa shape index (κ1) is 14.0. The van der Waals surface area contributed by atoms with E-state index in [1.165, 1.54) is 24.3 Å². The van der Waals surface area contributed by atoms with Gasteiger partial charge in [0.05, 0.1) is 0 Å². The quantitative estimate of drug-likeness (QED) is 0.690. The standard InChI is InChI=1S/C13H9FO5S/c14-10-4-2-5-11(7-10)19-20(17,18)13-9(8-15)3-1-6-12(13)16/h1-8,16H. The second-order valence-corrected chi connectivity index (χ2v) is 5.29. The second kappa shape index (κ2) is 5.30. The van der Waals surface area contributed by atoms with Crippen LogP contribution in [0.2, 0.25) is 0 Å². The van der Waals surface area contributed by atoms with Crippen molar-refractivity contribution in [2.75, 3.05) is 0 Å². The average molecular weight is 296 g/mol. The number of aromatic hydroxyl groups is 1. The molecule has 0 aromatic heterocycles. The number of aldehydes is 1. The maximum absolute atomic E-state index is 13.0. The van der Waals surface area contributed by atoms with Gasteiger partial charge in [0.2, 0.25) is 0 Å². The average Bonchev–Trinajstić information content (AvgIpc) is 2.37. The maximum atomic E-state index is 13.0. The Morgan fingerprint density at radius 2 is 1.85 bits per heavy atom. The lowest BCUT2D eigenvalue weighted by Crippen LogP contribution is -2.12. The molecule has 0 aliphatic carbocycles. The van der Waals surface area contributed by atoms with Crippen molar-refractivity contribution in [3.05, 3.63) is 53.8 Å². The molecule has 2 aromatic rings. The molecule has 0 amide bonds. The van der Waals surface area contributed by atoms with E-state index in [0.717, 1.165) is 18.2 Å². The topological polar surface area (TPSA) is 80.7 Å². The monoisotopic (exact) mass is 296 g/mol. The van der Waals surface area contributed by atoms with Gasteiger partial charge in [0.1, 0.15) is 17.3 Å². The highest BCUT2D eigenvalue weighted by atomic mass is 32.2. The summed E-state index contributed by atoms with van der Waals surface area (Å²) in [5.74, 6) is -1.55. The Bertz CT molecular complexity index is 755. The van der Waals surface area contributed by atoms with Crippen LogP contribution in [0.3, 0.4) is 0 Å². The Kier molecular flexibility index (Phi) is 3.71. The molecule has 0 atom stereocenters. The van der Waals surface area contributed by atoms with Crippen LogP contribution in [0.4, 0.5) is 4.39 Å². The number of phenols is 1. The highest BCUT2D eigenvalue weighted by Crippen LogP contribution is 2.28. The number of rotatable bonds is 4. The van der Waals surface area contributed by atoms with Gasteiger partial charge < -0.3 is 9.29 Å². The molecule has 2 aromatic carbocycles. The first-order valence-electron chi connectivity index (χ1n) is 5.41. The Labute approximate surface area is 114 Å². The van der Waals surface area contributed by atoms with Gasteiger partial charge >= 0.3 is 10.1 Å². The molecule has 2 rings (SSSR count). The molecule has 0 aliphatic rings. The third kappa shape index (κ3) is 2.77. The summed E-state index contributed by atoms with van der Waals surface area (Å²) in [4.78, 5) is 10.2. The van der Waals surface area contributed by atoms with E-state index in [0.29, 0.717) is 0 Å². The molecule has 7 heteroatoms. The molecule has 0 aliphatic heterocycles. The third-order valence-corrected chi connectivity index (χ3v) is 3.76. The molecule has 0 saturated carbocycles. The molecule has 104 valence electrons. The van der Waals surface area contributed by atoms with Crippen molar-refractivity contribution in [2.45, 2.75) is 4.90 Å². The molecule has 20 heavy (non-hydrogen) atoms. The van der Waals surface area contributed by atoms with Crippen LogP contribution < -0.4 is 4.18 Å². The van der Waals surface area contributed by atoms with E-state index in [9.17, 15) is 22.7 Å². The summed E-state index contributed by atoms with van der Waals surface area (Å²) in [7, 11) is -4.45. The number of halogens is 1. The minimum absolute atomic E-state index is 0.249. The van der Waals surface area contributed by atoms with Gasteiger partial charge in [-0.05, 0) is 24.3 Å². The molecule has 0 spiro atoms. The normalized spacial score (nSPS) is 11.1. The molecule has 0 radical (unpaired) electrons. The van der Waals surface area contributed by atoms with Crippen molar-refractivity contribution in [3.8, 4) is 11.5 Å². The predicted octanol–water partition coefficient (Wildman–Crippen LogP) is 2.11. The first-order chi connectivity index (χ1) is 9.44. The lowest BCUT2D eigenvalue weighted by molar-refractivity contribution is 0.111. The minimum Gasteiger partial charge on any atom is -0.506 e. The van der Waals surface area contributed by atoms with Crippen molar-refractivity contribution >= 4 is 16.4 Å². The van der Waals surface area contributed by atoms with Crippen LogP contribution in [0.25, 0.3) is 0 Å². The fourth-order valence-corrected chi connectivity index (χ4v) is 2.76. The molecule has 0 unspecified atom stereocenters. The van der Waals surface area contributed by atoms with E-state index in [1.54, 1.807) is 0 Å². The van der Waals surface area contributed by atoms with Crippen LogP contribution in [-0.4, -0.2) is 19.8 Å². The van der Waals surface area contributed by atoms with Crippen LogP contribution in [0.15, 0.2) is 47.4 Å². The van der Waals surface area contributed by atoms with Crippen LogP contribution in [0, 0.1) is 5.82 Å². The van der Waals surface area contributed by atoms with Gasteiger partial charge in [-0.1, -0.05) is 12.1 Å². The molecule has 0 saturated heterocycles. The zero-order valence-corrected chi connectivity index (χ0v) is 10.8. The van der Waals surface area contributed by atoms with Gasteiger partial charge in [0.15, 0.2) is 11.2 Å². The van der Waals surface area contributed by atoms with Crippen LogP contribution >= 0.6 is 0 Å². The van der Waals surface area contributed by atoms with E-state index in [1.807, 2.05) is 0 Å². The van der Waals surface area contributed by atoms with Crippen molar-refractivity contribution in [1.82, 2.24) is 0 Å². The fraction of sp³-hybridized carbons (Fsp3) is 0. The maximum Gasteiger partial charge on any atom is 0.343 e. The summed E-state index contributed by atoms with van der Waals surface area (Å²) in [6.07, 6.45) is 0.279. The van der Waals surface area contributed by atoms with E-state index < -0.39 is 26.6 Å². The van der Waals surface area contributed by atoms with E-state index in [4.69, 9.17) is 4.18 Å². The Morgan fingerprint density at radius 1 is 1.15 bits per heavy atom. The molecule has 0 fully saturated rings. The number of benzene rings is 2. The summed E-state index contributed by atoms with van der Waals surface area (Å²) in [6.45, 7) is 0. The van der Waals surface area contributed by atoms with E-state index in [2.05, 4.69) is 0 Å². The van der Waals surface area contributed by atoms with Gasteiger partial charge in [-0.3, -0.25) is 4.79 Å². The second-order valence-electron chi connectivity index (χ2n) is 3.81. The van der Waals surface area contributed by atoms with Crippen LogP contribution in [0.5, 0.6) is 11.5 Å². The van der Waals surface area contributed by atoms with Gasteiger partial charge in [0, 0.05) is 11.6 Å². The molecular formula is C13H9FO5S. The lowest BCUT2D eigenvalue weighted by Gasteiger charge is -2.10. The van der Waals surface area contributed by atoms with Crippen molar-refractivity contribution in [1.29, 1.82) is 0 Å². The van der Waals surface area contributed by atoms with Gasteiger partial charge in [-0.25, -0.2) is 4.39 Å². The zero-order valence-electron chi connectivity index (χ0n) is 9.99. The molecule has 1 N–H and O–H groups in total. The van der Waals surface area contributed by atoms with Gasteiger partial charge in [0.25, 0.3) is 0 Å². The van der Waals surface area contributed by atoms with E-state index in [-0.39, 0.29) is 17.6 Å². The number of hydrogen-bond acceptors (Lipinski definition) is 5. The van der Waals surface area contributed by atoms with Crippen molar-refractivity contribution < 1.29 is 26.9 Å². The third-order valence-electron chi connectivity index (χ3n) is 2.40. The number of phenolic OH excluding ortho intramolecular Hbond substituents is 1. The van der Waals surface area contributed by atoms with Crippen molar-refractivity contribution in [2.24, 2.45) is 0 Å². The first-order valence-corrected chi connectivity index (χ1v) is 6.82. The van der Waals surface area contributed by atoms with Crippen LogP contribution in [0.1, 0.15) is 10.4 Å². The lowest BCUT2D eigenvalue weighted by atomic mass is 10.2. The molecule has 0 heterocycles. The Hall–Kier alpha value is -2.41. The van der Waals surface area contributed by atoms with Gasteiger partial charge in [-0.2, -0.15) is 8.42 Å². The number of hydrogen-bond donors (Lipinski definition) is 1. The smallest absolute Gasteiger partial charge is 0.343 e. The predicted molar refractivity (Wildman–Crippen MR) is 67.7 cm³/mol. The fourth-order valence-electron chi connectivity index (χ4n) is 1.59. The number of carbonyl (C=O) groups excluding carboxylic acids is 1. The molecule has 0 bridgehead atoms. The highest BCUT2D eigenvalue weighted by Gasteiger charge is 2.25.